The van der Waals surface area contributed by atoms with Gasteiger partial charge in [-0.25, -0.2) is 9.97 Å². The lowest BCUT2D eigenvalue weighted by molar-refractivity contribution is -0.0588. The summed E-state index contributed by atoms with van der Waals surface area (Å²) < 4.78 is 7.93. The van der Waals surface area contributed by atoms with Crippen LogP contribution in [0.3, 0.4) is 0 Å². The number of amides is 1. The Labute approximate surface area is 182 Å². The summed E-state index contributed by atoms with van der Waals surface area (Å²) in [5.74, 6) is 1.38. The normalized spacial score (nSPS) is 21.3. The molecule has 1 saturated carbocycles. The SMILES string of the molecule is C[C@@H]1CN(C(=O)c2cc(-c3cnc(-c4cccnc4)nc3)cn2CC2CC2)C[C@H](C)O1. The van der Waals surface area contributed by atoms with Crippen molar-refractivity contribution in [3.8, 4) is 22.5 Å². The molecule has 31 heavy (non-hydrogen) atoms. The van der Waals surface area contributed by atoms with E-state index in [1.807, 2.05) is 49.3 Å². The van der Waals surface area contributed by atoms with Crippen LogP contribution < -0.4 is 0 Å². The summed E-state index contributed by atoms with van der Waals surface area (Å²) in [6, 6.07) is 5.79. The number of hydrogen-bond acceptors (Lipinski definition) is 5. The van der Waals surface area contributed by atoms with Gasteiger partial charge in [-0.2, -0.15) is 0 Å². The fourth-order valence-corrected chi connectivity index (χ4v) is 4.20. The zero-order valence-electron chi connectivity index (χ0n) is 17.9. The van der Waals surface area contributed by atoms with E-state index in [0.717, 1.165) is 28.9 Å². The number of morpholine rings is 1. The molecular weight excluding hydrogens is 390 g/mol. The van der Waals surface area contributed by atoms with Crippen molar-refractivity contribution in [1.82, 2.24) is 24.4 Å². The molecule has 5 rings (SSSR count). The second-order valence-corrected chi connectivity index (χ2v) is 8.71. The Balaban J connectivity index is 1.43. The van der Waals surface area contributed by atoms with E-state index in [4.69, 9.17) is 4.74 Å². The average molecular weight is 418 g/mol. The first-order valence-corrected chi connectivity index (χ1v) is 10.9. The Hall–Kier alpha value is -3.06. The van der Waals surface area contributed by atoms with Gasteiger partial charge in [-0.15, -0.1) is 0 Å². The summed E-state index contributed by atoms with van der Waals surface area (Å²) in [4.78, 5) is 28.5. The van der Waals surface area contributed by atoms with Crippen LogP contribution in [0.15, 0.2) is 49.2 Å². The third-order valence-electron chi connectivity index (χ3n) is 5.88. The van der Waals surface area contributed by atoms with Crippen molar-refractivity contribution in [2.24, 2.45) is 5.92 Å². The Bertz CT molecular complexity index is 1050. The van der Waals surface area contributed by atoms with Gasteiger partial charge in [-0.3, -0.25) is 9.78 Å². The molecule has 2 atom stereocenters. The smallest absolute Gasteiger partial charge is 0.270 e. The van der Waals surface area contributed by atoms with E-state index >= 15 is 0 Å². The van der Waals surface area contributed by atoms with Gasteiger partial charge in [0.15, 0.2) is 5.82 Å². The molecular formula is C24H27N5O2. The van der Waals surface area contributed by atoms with Gasteiger partial charge in [0.25, 0.3) is 5.91 Å². The zero-order chi connectivity index (χ0) is 21.4. The van der Waals surface area contributed by atoms with E-state index in [-0.39, 0.29) is 18.1 Å². The summed E-state index contributed by atoms with van der Waals surface area (Å²) in [6.07, 6.45) is 11.8. The molecule has 0 aromatic carbocycles. The number of hydrogen-bond donors (Lipinski definition) is 0. The Kier molecular flexibility index (Phi) is 5.28. The monoisotopic (exact) mass is 417 g/mol. The largest absolute Gasteiger partial charge is 0.372 e. The van der Waals surface area contributed by atoms with Crippen molar-refractivity contribution in [2.75, 3.05) is 13.1 Å². The molecule has 7 nitrogen and oxygen atoms in total. The molecule has 3 aromatic heterocycles. The maximum Gasteiger partial charge on any atom is 0.270 e. The fraction of sp³-hybridized carbons (Fsp3) is 0.417. The molecule has 0 spiro atoms. The van der Waals surface area contributed by atoms with Crippen molar-refractivity contribution in [1.29, 1.82) is 0 Å². The molecule has 2 aliphatic rings. The molecule has 0 bridgehead atoms. The second-order valence-electron chi connectivity index (χ2n) is 8.71. The van der Waals surface area contributed by atoms with Crippen LogP contribution in [0, 0.1) is 5.92 Å². The van der Waals surface area contributed by atoms with Gasteiger partial charge in [0.1, 0.15) is 5.69 Å². The predicted octanol–water partition coefficient (Wildman–Crippen LogP) is 3.67. The summed E-state index contributed by atoms with van der Waals surface area (Å²) in [7, 11) is 0. The highest BCUT2D eigenvalue weighted by atomic mass is 16.5. The summed E-state index contributed by atoms with van der Waals surface area (Å²) in [5.41, 5.74) is 3.49. The number of carbonyl (C=O) groups excluding carboxylic acids is 1. The first-order chi connectivity index (χ1) is 15.1. The first-order valence-electron chi connectivity index (χ1n) is 10.9. The highest BCUT2D eigenvalue weighted by Gasteiger charge is 2.30. The van der Waals surface area contributed by atoms with Crippen molar-refractivity contribution < 1.29 is 9.53 Å². The standard InChI is InChI=1S/C24H27N5O2/c1-16-12-29(13-17(2)31-16)24(30)22-8-20(15-28(22)14-18-5-6-18)21-10-26-23(27-11-21)19-4-3-7-25-9-19/h3-4,7-11,15-18H,5-6,12-14H2,1-2H3/t16-,17+. The third kappa shape index (κ3) is 4.37. The van der Waals surface area contributed by atoms with E-state index in [1.165, 1.54) is 12.8 Å². The van der Waals surface area contributed by atoms with Gasteiger partial charge in [0, 0.05) is 67.3 Å². The lowest BCUT2D eigenvalue weighted by Crippen LogP contribution is -2.48. The molecule has 0 radical (unpaired) electrons. The summed E-state index contributed by atoms with van der Waals surface area (Å²) in [6.45, 7) is 6.16. The van der Waals surface area contributed by atoms with Crippen molar-refractivity contribution in [2.45, 2.75) is 45.4 Å². The average Bonchev–Trinajstić information content (AvgIpc) is 3.50. The molecule has 7 heteroatoms. The van der Waals surface area contributed by atoms with E-state index in [1.54, 1.807) is 12.4 Å². The van der Waals surface area contributed by atoms with Gasteiger partial charge < -0.3 is 14.2 Å². The fourth-order valence-electron chi connectivity index (χ4n) is 4.20. The van der Waals surface area contributed by atoms with Crippen LogP contribution in [0.25, 0.3) is 22.5 Å². The molecule has 1 aliphatic carbocycles. The van der Waals surface area contributed by atoms with E-state index < -0.39 is 0 Å². The van der Waals surface area contributed by atoms with Gasteiger partial charge in [0.05, 0.1) is 12.2 Å². The number of carbonyl (C=O) groups is 1. The van der Waals surface area contributed by atoms with Gasteiger partial charge in [-0.1, -0.05) is 0 Å². The van der Waals surface area contributed by atoms with E-state index in [9.17, 15) is 4.79 Å². The lowest BCUT2D eigenvalue weighted by atomic mass is 10.1. The number of rotatable bonds is 5. The number of aromatic nitrogens is 4. The maximum absolute atomic E-state index is 13.4. The lowest BCUT2D eigenvalue weighted by Gasteiger charge is -2.35. The minimum atomic E-state index is 0.0486. The molecule has 0 unspecified atom stereocenters. The third-order valence-corrected chi connectivity index (χ3v) is 5.88. The molecule has 4 heterocycles. The first kappa shape index (κ1) is 19.9. The molecule has 3 aromatic rings. The van der Waals surface area contributed by atoms with Crippen LogP contribution in [0.4, 0.5) is 0 Å². The van der Waals surface area contributed by atoms with Crippen LogP contribution in [-0.4, -0.2) is 55.6 Å². The zero-order valence-corrected chi connectivity index (χ0v) is 17.9. The van der Waals surface area contributed by atoms with Gasteiger partial charge >= 0.3 is 0 Å². The molecule has 1 aliphatic heterocycles. The Morgan fingerprint density at radius 2 is 1.81 bits per heavy atom. The Morgan fingerprint density at radius 1 is 1.06 bits per heavy atom. The summed E-state index contributed by atoms with van der Waals surface area (Å²) >= 11 is 0. The van der Waals surface area contributed by atoms with Gasteiger partial charge in [0.2, 0.25) is 0 Å². The predicted molar refractivity (Wildman–Crippen MR) is 117 cm³/mol. The quantitative estimate of drug-likeness (QED) is 0.633. The van der Waals surface area contributed by atoms with E-state index in [2.05, 4.69) is 25.7 Å². The highest BCUT2D eigenvalue weighted by Crippen LogP contribution is 2.33. The molecule has 2 fully saturated rings. The molecule has 0 N–H and O–H groups in total. The van der Waals surface area contributed by atoms with Crippen molar-refractivity contribution in [3.63, 3.8) is 0 Å². The van der Waals surface area contributed by atoms with Crippen LogP contribution in [0.1, 0.15) is 37.2 Å². The second kappa shape index (κ2) is 8.23. The van der Waals surface area contributed by atoms with Gasteiger partial charge in [-0.05, 0) is 50.8 Å². The van der Waals surface area contributed by atoms with Crippen LogP contribution in [-0.2, 0) is 11.3 Å². The molecule has 1 amide bonds. The highest BCUT2D eigenvalue weighted by molar-refractivity contribution is 5.94. The topological polar surface area (TPSA) is 73.1 Å². The number of nitrogens with zero attached hydrogens (tertiary/aromatic N) is 5. The summed E-state index contributed by atoms with van der Waals surface area (Å²) in [5, 5.41) is 0. The number of pyridine rings is 1. The van der Waals surface area contributed by atoms with Crippen molar-refractivity contribution in [3.05, 3.63) is 54.9 Å². The molecule has 1 saturated heterocycles. The Morgan fingerprint density at radius 3 is 2.45 bits per heavy atom. The minimum absolute atomic E-state index is 0.0486. The van der Waals surface area contributed by atoms with Crippen LogP contribution >= 0.6 is 0 Å². The van der Waals surface area contributed by atoms with Crippen molar-refractivity contribution >= 4 is 5.91 Å². The maximum atomic E-state index is 13.4. The van der Waals surface area contributed by atoms with Crippen LogP contribution in [0.5, 0.6) is 0 Å². The number of ether oxygens (including phenoxy) is 1. The minimum Gasteiger partial charge on any atom is -0.372 e. The van der Waals surface area contributed by atoms with E-state index in [0.29, 0.717) is 24.8 Å². The molecule has 160 valence electrons. The van der Waals surface area contributed by atoms with Crippen LogP contribution in [0.2, 0.25) is 0 Å².